The summed E-state index contributed by atoms with van der Waals surface area (Å²) >= 11 is 11.7. The van der Waals surface area contributed by atoms with Gasteiger partial charge in [-0.2, -0.15) is 0 Å². The molecule has 0 radical (unpaired) electrons. The Balaban J connectivity index is 2.52. The predicted molar refractivity (Wildman–Crippen MR) is 88.2 cm³/mol. The van der Waals surface area contributed by atoms with Crippen LogP contribution in [0.15, 0.2) is 18.2 Å². The Bertz CT molecular complexity index is 518. The molecule has 122 valence electrons. The number of carbonyl (C=O) groups is 2. The molecule has 0 heterocycles. The number of carbonyl (C=O) groups excluding carboxylic acids is 2. The Morgan fingerprint density at radius 2 is 1.95 bits per heavy atom. The molecular formula is C15H20Cl2N2O3. The largest absolute Gasteiger partial charge is 0.396 e. The third-order valence-electron chi connectivity index (χ3n) is 3.17. The van der Waals surface area contributed by atoms with Crippen LogP contribution in [0.1, 0.15) is 26.2 Å². The number of aliphatic hydroxyl groups excluding tert-OH is 1. The first-order valence-electron chi connectivity index (χ1n) is 7.13. The molecule has 0 spiro atoms. The lowest BCUT2D eigenvalue weighted by Crippen LogP contribution is -2.38. The first-order valence-corrected chi connectivity index (χ1v) is 7.88. The smallest absolute Gasteiger partial charge is 0.313 e. The zero-order valence-electron chi connectivity index (χ0n) is 12.4. The van der Waals surface area contributed by atoms with E-state index < -0.39 is 11.8 Å². The Hall–Kier alpha value is -1.30. The van der Waals surface area contributed by atoms with Crippen molar-refractivity contribution in [3.05, 3.63) is 28.2 Å². The van der Waals surface area contributed by atoms with Gasteiger partial charge in [0.2, 0.25) is 0 Å². The summed E-state index contributed by atoms with van der Waals surface area (Å²) < 4.78 is 0. The maximum atomic E-state index is 11.8. The molecule has 1 aromatic carbocycles. The average molecular weight is 347 g/mol. The Morgan fingerprint density at radius 3 is 2.55 bits per heavy atom. The van der Waals surface area contributed by atoms with E-state index >= 15 is 0 Å². The van der Waals surface area contributed by atoms with Crippen LogP contribution in [0.2, 0.25) is 10.0 Å². The molecule has 0 saturated heterocycles. The summed E-state index contributed by atoms with van der Waals surface area (Å²) in [6, 6.07) is 4.58. The summed E-state index contributed by atoms with van der Waals surface area (Å²) in [6.07, 6.45) is 2.43. The van der Waals surface area contributed by atoms with Crippen molar-refractivity contribution < 1.29 is 14.7 Å². The number of hydrogen-bond acceptors (Lipinski definition) is 3. The molecule has 5 nitrogen and oxygen atoms in total. The van der Waals surface area contributed by atoms with Gasteiger partial charge in [0, 0.05) is 18.2 Å². The van der Waals surface area contributed by atoms with Gasteiger partial charge in [-0.05, 0) is 37.0 Å². The minimum Gasteiger partial charge on any atom is -0.396 e. The molecule has 2 amide bonds. The predicted octanol–water partition coefficient (Wildman–Crippen LogP) is 2.85. The van der Waals surface area contributed by atoms with Crippen LogP contribution in [0.4, 0.5) is 5.69 Å². The van der Waals surface area contributed by atoms with Gasteiger partial charge in [-0.1, -0.05) is 36.5 Å². The van der Waals surface area contributed by atoms with E-state index in [0.29, 0.717) is 23.7 Å². The van der Waals surface area contributed by atoms with Crippen LogP contribution in [0.5, 0.6) is 0 Å². The normalized spacial score (nSPS) is 11.8. The maximum Gasteiger partial charge on any atom is 0.313 e. The topological polar surface area (TPSA) is 78.4 Å². The summed E-state index contributed by atoms with van der Waals surface area (Å²) in [5.74, 6) is -1.36. The van der Waals surface area contributed by atoms with Gasteiger partial charge in [0.25, 0.3) is 0 Å². The van der Waals surface area contributed by atoms with Crippen LogP contribution >= 0.6 is 23.2 Å². The van der Waals surface area contributed by atoms with Gasteiger partial charge in [0.15, 0.2) is 0 Å². The Morgan fingerprint density at radius 1 is 1.23 bits per heavy atom. The van der Waals surface area contributed by atoms with E-state index in [1.807, 2.05) is 6.92 Å². The van der Waals surface area contributed by atoms with E-state index in [4.69, 9.17) is 28.3 Å². The minimum atomic E-state index is -0.788. The van der Waals surface area contributed by atoms with Crippen molar-refractivity contribution in [2.45, 2.75) is 26.2 Å². The van der Waals surface area contributed by atoms with Gasteiger partial charge in [-0.3, -0.25) is 9.59 Å². The van der Waals surface area contributed by atoms with Crippen molar-refractivity contribution in [2.75, 3.05) is 18.5 Å². The lowest BCUT2D eigenvalue weighted by atomic mass is 10.0. The number of nitrogens with one attached hydrogen (secondary N) is 2. The molecule has 0 bridgehead atoms. The molecule has 7 heteroatoms. The van der Waals surface area contributed by atoms with E-state index in [1.54, 1.807) is 6.07 Å². The van der Waals surface area contributed by atoms with Gasteiger partial charge >= 0.3 is 11.8 Å². The third-order valence-corrected chi connectivity index (χ3v) is 3.72. The molecule has 0 aliphatic heterocycles. The van der Waals surface area contributed by atoms with E-state index in [2.05, 4.69) is 10.6 Å². The Kier molecular flexibility index (Phi) is 8.24. The fraction of sp³-hybridized carbons (Fsp3) is 0.467. The van der Waals surface area contributed by atoms with Crippen molar-refractivity contribution >= 4 is 40.7 Å². The number of anilines is 1. The van der Waals surface area contributed by atoms with Gasteiger partial charge in [-0.15, -0.1) is 0 Å². The molecule has 0 aromatic heterocycles. The molecule has 1 aromatic rings. The summed E-state index contributed by atoms with van der Waals surface area (Å²) in [7, 11) is 0. The zero-order valence-corrected chi connectivity index (χ0v) is 13.9. The van der Waals surface area contributed by atoms with Crippen molar-refractivity contribution in [3.63, 3.8) is 0 Å². The molecule has 22 heavy (non-hydrogen) atoms. The molecule has 0 saturated carbocycles. The fourth-order valence-electron chi connectivity index (χ4n) is 2.03. The van der Waals surface area contributed by atoms with Crippen molar-refractivity contribution in [2.24, 2.45) is 5.92 Å². The second kappa shape index (κ2) is 9.66. The van der Waals surface area contributed by atoms with Crippen LogP contribution in [0.25, 0.3) is 0 Å². The molecule has 1 unspecified atom stereocenters. The molecule has 1 atom stereocenters. The number of halogens is 2. The highest BCUT2D eigenvalue weighted by Crippen LogP contribution is 2.25. The first kappa shape index (κ1) is 18.7. The molecular weight excluding hydrogens is 327 g/mol. The number of hydrogen-bond donors (Lipinski definition) is 3. The van der Waals surface area contributed by atoms with Crippen molar-refractivity contribution in [3.8, 4) is 0 Å². The van der Waals surface area contributed by atoms with Crippen LogP contribution in [-0.4, -0.2) is 30.1 Å². The van der Waals surface area contributed by atoms with E-state index in [-0.39, 0.29) is 17.5 Å². The third kappa shape index (κ3) is 6.22. The van der Waals surface area contributed by atoms with E-state index in [1.165, 1.54) is 12.1 Å². The van der Waals surface area contributed by atoms with Crippen LogP contribution in [-0.2, 0) is 9.59 Å². The number of benzene rings is 1. The number of aliphatic hydroxyl groups is 1. The first-order chi connectivity index (χ1) is 10.5. The quantitative estimate of drug-likeness (QED) is 0.664. The standard InChI is InChI=1S/C15H20Cl2N2O3/c1-2-3-10(6-7-20)9-18-14(21)15(22)19-13-5-4-11(16)8-12(13)17/h4-5,8,10,20H,2-3,6-7,9H2,1H3,(H,18,21)(H,19,22). The monoisotopic (exact) mass is 346 g/mol. The Labute approximate surface area is 140 Å². The van der Waals surface area contributed by atoms with E-state index in [0.717, 1.165) is 12.8 Å². The lowest BCUT2D eigenvalue weighted by Gasteiger charge is -2.15. The highest BCUT2D eigenvalue weighted by molar-refractivity contribution is 6.42. The van der Waals surface area contributed by atoms with Gasteiger partial charge in [0.1, 0.15) is 0 Å². The molecule has 0 aliphatic carbocycles. The maximum absolute atomic E-state index is 11.8. The van der Waals surface area contributed by atoms with Crippen molar-refractivity contribution in [1.82, 2.24) is 5.32 Å². The molecule has 3 N–H and O–H groups in total. The van der Waals surface area contributed by atoms with Crippen LogP contribution in [0.3, 0.4) is 0 Å². The molecule has 1 rings (SSSR count). The summed E-state index contributed by atoms with van der Waals surface area (Å²) in [4.78, 5) is 23.6. The summed E-state index contributed by atoms with van der Waals surface area (Å²) in [5, 5.41) is 14.7. The summed E-state index contributed by atoms with van der Waals surface area (Å²) in [5.41, 5.74) is 0.326. The lowest BCUT2D eigenvalue weighted by molar-refractivity contribution is -0.136. The number of rotatable bonds is 7. The summed E-state index contributed by atoms with van der Waals surface area (Å²) in [6.45, 7) is 2.45. The second-order valence-corrected chi connectivity index (χ2v) is 5.80. The van der Waals surface area contributed by atoms with E-state index in [9.17, 15) is 9.59 Å². The van der Waals surface area contributed by atoms with Gasteiger partial charge in [-0.25, -0.2) is 0 Å². The fourth-order valence-corrected chi connectivity index (χ4v) is 2.48. The zero-order chi connectivity index (χ0) is 16.5. The van der Waals surface area contributed by atoms with Gasteiger partial charge < -0.3 is 15.7 Å². The molecule has 0 aliphatic rings. The van der Waals surface area contributed by atoms with Gasteiger partial charge in [0.05, 0.1) is 10.7 Å². The van der Waals surface area contributed by atoms with Crippen LogP contribution in [0, 0.1) is 5.92 Å². The second-order valence-electron chi connectivity index (χ2n) is 4.96. The average Bonchev–Trinajstić information content (AvgIpc) is 2.47. The van der Waals surface area contributed by atoms with Crippen LogP contribution < -0.4 is 10.6 Å². The highest BCUT2D eigenvalue weighted by Gasteiger charge is 2.17. The SMILES string of the molecule is CCCC(CCO)CNC(=O)C(=O)Nc1ccc(Cl)cc1Cl. The van der Waals surface area contributed by atoms with Crippen molar-refractivity contribution in [1.29, 1.82) is 0 Å². The number of amides is 2. The minimum absolute atomic E-state index is 0.0626. The molecule has 0 fully saturated rings. The highest BCUT2D eigenvalue weighted by atomic mass is 35.5.